The first kappa shape index (κ1) is 14.8. The molecule has 1 fully saturated rings. The fraction of sp³-hybridized carbons (Fsp3) is 0.765. The van der Waals surface area contributed by atoms with E-state index in [4.69, 9.17) is 4.98 Å². The lowest BCUT2D eigenvalue weighted by molar-refractivity contribution is -0.0541. The summed E-state index contributed by atoms with van der Waals surface area (Å²) in [4.78, 5) is 9.26. The van der Waals surface area contributed by atoms with Crippen molar-refractivity contribution in [2.75, 3.05) is 11.9 Å². The van der Waals surface area contributed by atoms with Crippen molar-refractivity contribution in [3.63, 3.8) is 0 Å². The van der Waals surface area contributed by atoms with Gasteiger partial charge in [-0.25, -0.2) is 4.98 Å². The number of fused-ring (bicyclic) bond motifs is 1. The Morgan fingerprint density at radius 1 is 1.14 bits per heavy atom. The maximum Gasteiger partial charge on any atom is 0.144 e. The number of nitrogens with zero attached hydrogens (tertiary/aromatic N) is 2. The van der Waals surface area contributed by atoms with Crippen molar-refractivity contribution in [3.05, 3.63) is 17.6 Å². The molecule has 0 unspecified atom stereocenters. The first-order valence-corrected chi connectivity index (χ1v) is 8.31. The van der Waals surface area contributed by atoms with Crippen molar-refractivity contribution in [3.8, 4) is 0 Å². The number of aromatic nitrogens is 2. The molecule has 0 amide bonds. The number of nitrogens with one attached hydrogen (secondary N) is 1. The molecule has 1 aromatic rings. The Bertz CT molecular complexity index is 507. The van der Waals surface area contributed by atoms with Crippen LogP contribution in [0.2, 0.25) is 0 Å². The van der Waals surface area contributed by atoms with Crippen molar-refractivity contribution < 1.29 is 5.11 Å². The normalized spacial score (nSPS) is 21.1. The summed E-state index contributed by atoms with van der Waals surface area (Å²) in [7, 11) is 0. The summed E-state index contributed by atoms with van der Waals surface area (Å²) < 4.78 is 0. The van der Waals surface area contributed by atoms with E-state index in [0.717, 1.165) is 56.6 Å². The standard InChI is InChI=1S/C17H27N3O/c1-16(2,17(21)9-5-6-10-17)12-19-15-11-18-13-7-3-4-8-14(13)20-15/h11,21H,3-10,12H2,1-2H3,(H,19,20). The zero-order chi connectivity index (χ0) is 14.9. The van der Waals surface area contributed by atoms with Gasteiger partial charge in [0, 0.05) is 12.0 Å². The number of hydrogen-bond acceptors (Lipinski definition) is 4. The summed E-state index contributed by atoms with van der Waals surface area (Å²) in [6, 6.07) is 0. The summed E-state index contributed by atoms with van der Waals surface area (Å²) in [5, 5.41) is 14.2. The second kappa shape index (κ2) is 5.56. The molecule has 0 aromatic carbocycles. The van der Waals surface area contributed by atoms with Crippen LogP contribution < -0.4 is 5.32 Å². The van der Waals surface area contributed by atoms with Crippen molar-refractivity contribution in [1.29, 1.82) is 0 Å². The minimum Gasteiger partial charge on any atom is -0.389 e. The summed E-state index contributed by atoms with van der Waals surface area (Å²) in [6.07, 6.45) is 10.5. The summed E-state index contributed by atoms with van der Waals surface area (Å²) >= 11 is 0. The topological polar surface area (TPSA) is 58.0 Å². The molecule has 1 heterocycles. The van der Waals surface area contributed by atoms with Crippen LogP contribution in [0.5, 0.6) is 0 Å². The van der Waals surface area contributed by atoms with Crippen LogP contribution in [0.1, 0.15) is 63.8 Å². The van der Waals surface area contributed by atoms with Gasteiger partial charge >= 0.3 is 0 Å². The average Bonchev–Trinajstić information content (AvgIpc) is 2.94. The van der Waals surface area contributed by atoms with Crippen molar-refractivity contribution in [2.24, 2.45) is 5.41 Å². The maximum absolute atomic E-state index is 10.8. The lowest BCUT2D eigenvalue weighted by Gasteiger charge is -2.40. The molecule has 0 radical (unpaired) electrons. The van der Waals surface area contributed by atoms with Crippen molar-refractivity contribution in [2.45, 2.75) is 70.8 Å². The molecule has 0 spiro atoms. The summed E-state index contributed by atoms with van der Waals surface area (Å²) in [5.41, 5.74) is 1.63. The third-order valence-corrected chi connectivity index (χ3v) is 5.41. The van der Waals surface area contributed by atoms with E-state index in [1.807, 2.05) is 6.20 Å². The molecule has 4 heteroatoms. The summed E-state index contributed by atoms with van der Waals surface area (Å²) in [6.45, 7) is 5.03. The second-order valence-corrected chi connectivity index (χ2v) is 7.33. The zero-order valence-corrected chi connectivity index (χ0v) is 13.3. The molecule has 21 heavy (non-hydrogen) atoms. The van der Waals surface area contributed by atoms with Crippen LogP contribution in [-0.2, 0) is 12.8 Å². The Hall–Kier alpha value is -1.16. The van der Waals surface area contributed by atoms with E-state index >= 15 is 0 Å². The monoisotopic (exact) mass is 289 g/mol. The molecule has 0 saturated heterocycles. The average molecular weight is 289 g/mol. The highest BCUT2D eigenvalue weighted by molar-refractivity contribution is 5.35. The Morgan fingerprint density at radius 3 is 2.52 bits per heavy atom. The van der Waals surface area contributed by atoms with Gasteiger partial charge in [0.25, 0.3) is 0 Å². The highest BCUT2D eigenvalue weighted by Crippen LogP contribution is 2.43. The molecule has 116 valence electrons. The highest BCUT2D eigenvalue weighted by Gasteiger charge is 2.45. The maximum atomic E-state index is 10.8. The third-order valence-electron chi connectivity index (χ3n) is 5.41. The molecule has 1 aromatic heterocycles. The lowest BCUT2D eigenvalue weighted by Crippen LogP contribution is -2.46. The van der Waals surface area contributed by atoms with Crippen LogP contribution in [0, 0.1) is 5.41 Å². The molecule has 1 saturated carbocycles. The molecule has 0 bridgehead atoms. The van der Waals surface area contributed by atoms with Gasteiger partial charge in [-0.1, -0.05) is 26.7 Å². The van der Waals surface area contributed by atoms with Gasteiger partial charge in [-0.05, 0) is 38.5 Å². The van der Waals surface area contributed by atoms with E-state index in [1.54, 1.807) is 0 Å². The number of rotatable bonds is 4. The van der Waals surface area contributed by atoms with E-state index in [9.17, 15) is 5.11 Å². The molecular weight excluding hydrogens is 262 g/mol. The minimum absolute atomic E-state index is 0.152. The van der Waals surface area contributed by atoms with E-state index in [0.29, 0.717) is 0 Å². The fourth-order valence-electron chi connectivity index (χ4n) is 3.64. The number of aliphatic hydroxyl groups is 1. The molecular formula is C17H27N3O. The third kappa shape index (κ3) is 2.91. The fourth-order valence-corrected chi connectivity index (χ4v) is 3.64. The quantitative estimate of drug-likeness (QED) is 0.894. The van der Waals surface area contributed by atoms with Crippen LogP contribution in [0.25, 0.3) is 0 Å². The Labute approximate surface area is 127 Å². The van der Waals surface area contributed by atoms with Gasteiger partial charge in [0.2, 0.25) is 0 Å². The first-order valence-electron chi connectivity index (χ1n) is 8.31. The van der Waals surface area contributed by atoms with Crippen molar-refractivity contribution in [1.82, 2.24) is 9.97 Å². The largest absolute Gasteiger partial charge is 0.389 e. The van der Waals surface area contributed by atoms with E-state index in [-0.39, 0.29) is 5.41 Å². The number of anilines is 1. The molecule has 2 aliphatic carbocycles. The predicted octanol–water partition coefficient (Wildman–Crippen LogP) is 3.10. The van der Waals surface area contributed by atoms with Crippen LogP contribution in [0.4, 0.5) is 5.82 Å². The first-order chi connectivity index (χ1) is 10.0. The molecule has 3 rings (SSSR count). The summed E-state index contributed by atoms with van der Waals surface area (Å²) in [5.74, 6) is 0.852. The molecule has 0 atom stereocenters. The van der Waals surface area contributed by atoms with Gasteiger partial charge in [0.1, 0.15) is 5.82 Å². The van der Waals surface area contributed by atoms with Gasteiger partial charge in [-0.3, -0.25) is 4.98 Å². The van der Waals surface area contributed by atoms with Crippen LogP contribution in [0.3, 0.4) is 0 Å². The van der Waals surface area contributed by atoms with Gasteiger partial charge < -0.3 is 10.4 Å². The molecule has 0 aliphatic heterocycles. The zero-order valence-electron chi connectivity index (χ0n) is 13.3. The molecule has 4 nitrogen and oxygen atoms in total. The van der Waals surface area contributed by atoms with Gasteiger partial charge in [-0.15, -0.1) is 0 Å². The van der Waals surface area contributed by atoms with Crippen LogP contribution in [-0.4, -0.2) is 27.2 Å². The number of aryl methyl sites for hydroxylation is 2. The predicted molar refractivity (Wildman–Crippen MR) is 84.4 cm³/mol. The number of hydrogen-bond donors (Lipinski definition) is 2. The van der Waals surface area contributed by atoms with Crippen LogP contribution >= 0.6 is 0 Å². The Balaban J connectivity index is 1.67. The van der Waals surface area contributed by atoms with Crippen molar-refractivity contribution >= 4 is 5.82 Å². The van der Waals surface area contributed by atoms with Gasteiger partial charge in [0.15, 0.2) is 0 Å². The van der Waals surface area contributed by atoms with Gasteiger partial charge in [0.05, 0.1) is 23.2 Å². The second-order valence-electron chi connectivity index (χ2n) is 7.33. The molecule has 2 aliphatic rings. The Kier molecular flexibility index (Phi) is 3.91. The minimum atomic E-state index is -0.540. The highest BCUT2D eigenvalue weighted by atomic mass is 16.3. The SMILES string of the molecule is CC(C)(CNc1cnc2c(n1)CCCC2)C1(O)CCCC1. The van der Waals surface area contributed by atoms with Gasteiger partial charge in [-0.2, -0.15) is 0 Å². The Morgan fingerprint density at radius 2 is 1.81 bits per heavy atom. The molecule has 2 N–H and O–H groups in total. The van der Waals surface area contributed by atoms with Crippen LogP contribution in [0.15, 0.2) is 6.20 Å². The van der Waals surface area contributed by atoms with E-state index in [2.05, 4.69) is 24.1 Å². The lowest BCUT2D eigenvalue weighted by atomic mass is 9.73. The van der Waals surface area contributed by atoms with E-state index < -0.39 is 5.60 Å². The van der Waals surface area contributed by atoms with E-state index in [1.165, 1.54) is 18.5 Å². The smallest absolute Gasteiger partial charge is 0.144 e.